The fourth-order valence-corrected chi connectivity index (χ4v) is 3.30. The van der Waals surface area contributed by atoms with Gasteiger partial charge in [-0.15, -0.1) is 5.10 Å². The number of halogens is 1. The Balaban J connectivity index is 1.47. The Kier molecular flexibility index (Phi) is 4.59. The van der Waals surface area contributed by atoms with Crippen molar-refractivity contribution in [2.24, 2.45) is 0 Å². The zero-order valence-corrected chi connectivity index (χ0v) is 16.8. The Morgan fingerprint density at radius 1 is 1.00 bits per heavy atom. The highest BCUT2D eigenvalue weighted by atomic mass is 19.1. The maximum Gasteiger partial charge on any atom is 0.313 e. The van der Waals surface area contributed by atoms with E-state index in [9.17, 15) is 9.18 Å². The van der Waals surface area contributed by atoms with E-state index >= 15 is 0 Å². The van der Waals surface area contributed by atoms with E-state index in [1.807, 2.05) is 24.3 Å². The summed E-state index contributed by atoms with van der Waals surface area (Å²) in [7, 11) is 1.61. The van der Waals surface area contributed by atoms with Crippen molar-refractivity contribution in [2.45, 2.75) is 0 Å². The molecule has 2 aromatic carbocycles. The second-order valence-electron chi connectivity index (χ2n) is 7.01. The molecular formula is C22H16FN7O2. The van der Waals surface area contributed by atoms with Crippen LogP contribution < -0.4 is 10.6 Å². The van der Waals surface area contributed by atoms with Gasteiger partial charge in [-0.25, -0.2) is 14.4 Å². The van der Waals surface area contributed by atoms with E-state index in [-0.39, 0.29) is 23.4 Å². The van der Waals surface area contributed by atoms with Crippen LogP contribution in [-0.4, -0.2) is 37.5 Å². The number of carbonyl (C=O) groups excluding carboxylic acids is 1. The fraction of sp³-hybridized carbons (Fsp3) is 0.0455. The number of fused-ring (bicyclic) bond motifs is 1. The number of hydrogen-bond donors (Lipinski definition) is 1. The SMILES string of the molecule is CN(C(=O)c1cn2c(-c3ccc(-c4nnc(N)o4)cc3)cnc2cn1)c1ccc(F)cc1. The van der Waals surface area contributed by atoms with Gasteiger partial charge in [0.05, 0.1) is 18.1 Å². The predicted molar refractivity (Wildman–Crippen MR) is 115 cm³/mol. The number of hydrogen-bond acceptors (Lipinski definition) is 7. The summed E-state index contributed by atoms with van der Waals surface area (Å²) in [5.74, 6) is -0.374. The van der Waals surface area contributed by atoms with Crippen LogP contribution in [0.5, 0.6) is 0 Å². The number of amides is 1. The Morgan fingerprint density at radius 3 is 2.41 bits per heavy atom. The first kappa shape index (κ1) is 19.4. The van der Waals surface area contributed by atoms with E-state index in [1.165, 1.54) is 35.4 Å². The van der Waals surface area contributed by atoms with Crippen LogP contribution in [0, 0.1) is 5.82 Å². The Hall–Kier alpha value is -4.60. The third-order valence-electron chi connectivity index (χ3n) is 5.00. The summed E-state index contributed by atoms with van der Waals surface area (Å²) in [6, 6.07) is 13.1. The minimum absolute atomic E-state index is 0.00108. The molecule has 2 N–H and O–H groups in total. The average molecular weight is 429 g/mol. The molecule has 3 aromatic heterocycles. The molecule has 3 heterocycles. The van der Waals surface area contributed by atoms with Crippen LogP contribution in [0.4, 0.5) is 16.1 Å². The summed E-state index contributed by atoms with van der Waals surface area (Å²) in [6.07, 6.45) is 4.87. The van der Waals surface area contributed by atoms with Gasteiger partial charge in [-0.2, -0.15) is 0 Å². The molecule has 0 radical (unpaired) electrons. The monoisotopic (exact) mass is 429 g/mol. The van der Waals surface area contributed by atoms with Gasteiger partial charge in [-0.3, -0.25) is 9.20 Å². The van der Waals surface area contributed by atoms with Crippen molar-refractivity contribution in [2.75, 3.05) is 17.7 Å². The first-order valence-electron chi connectivity index (χ1n) is 9.56. The third-order valence-corrected chi connectivity index (χ3v) is 5.00. The number of imidazole rings is 1. The van der Waals surface area contributed by atoms with Crippen LogP contribution in [0.3, 0.4) is 0 Å². The summed E-state index contributed by atoms with van der Waals surface area (Å²) in [6.45, 7) is 0. The second-order valence-corrected chi connectivity index (χ2v) is 7.01. The molecule has 0 spiro atoms. The summed E-state index contributed by atoms with van der Waals surface area (Å²) < 4.78 is 20.2. The summed E-state index contributed by atoms with van der Waals surface area (Å²) in [4.78, 5) is 23.0. The maximum absolute atomic E-state index is 13.2. The summed E-state index contributed by atoms with van der Waals surface area (Å²) >= 11 is 0. The Labute approximate surface area is 181 Å². The van der Waals surface area contributed by atoms with Crippen LogP contribution in [0.25, 0.3) is 28.4 Å². The number of nitrogens with two attached hydrogens (primary N) is 1. The van der Waals surface area contributed by atoms with Crippen LogP contribution >= 0.6 is 0 Å². The number of carbonyl (C=O) groups is 1. The molecule has 9 nitrogen and oxygen atoms in total. The zero-order valence-electron chi connectivity index (χ0n) is 16.8. The Morgan fingerprint density at radius 2 is 1.72 bits per heavy atom. The van der Waals surface area contributed by atoms with Crippen molar-refractivity contribution < 1.29 is 13.6 Å². The lowest BCUT2D eigenvalue weighted by Crippen LogP contribution is -2.27. The normalized spacial score (nSPS) is 11.1. The van der Waals surface area contributed by atoms with Crippen molar-refractivity contribution in [1.82, 2.24) is 24.6 Å². The molecule has 158 valence electrons. The van der Waals surface area contributed by atoms with Crippen LogP contribution in [-0.2, 0) is 0 Å². The molecule has 0 aliphatic heterocycles. The minimum Gasteiger partial charge on any atom is -0.404 e. The van der Waals surface area contributed by atoms with Crippen molar-refractivity contribution in [3.8, 4) is 22.7 Å². The molecule has 0 fully saturated rings. The number of rotatable bonds is 4. The highest BCUT2D eigenvalue weighted by molar-refractivity contribution is 6.04. The largest absolute Gasteiger partial charge is 0.404 e. The van der Waals surface area contributed by atoms with Crippen molar-refractivity contribution in [3.05, 3.63) is 78.6 Å². The maximum atomic E-state index is 13.2. The average Bonchev–Trinajstić information content (AvgIpc) is 3.44. The number of nitrogens with zero attached hydrogens (tertiary/aromatic N) is 6. The van der Waals surface area contributed by atoms with Gasteiger partial charge in [0.1, 0.15) is 11.5 Å². The molecule has 5 aromatic rings. The van der Waals surface area contributed by atoms with Crippen molar-refractivity contribution in [3.63, 3.8) is 0 Å². The molecule has 0 saturated heterocycles. The second kappa shape index (κ2) is 7.58. The van der Waals surface area contributed by atoms with Crippen LogP contribution in [0.1, 0.15) is 10.5 Å². The molecule has 0 atom stereocenters. The Bertz CT molecular complexity index is 1430. The lowest BCUT2D eigenvalue weighted by atomic mass is 10.1. The van der Waals surface area contributed by atoms with E-state index in [4.69, 9.17) is 10.2 Å². The first-order chi connectivity index (χ1) is 15.5. The fourth-order valence-electron chi connectivity index (χ4n) is 3.30. The molecular weight excluding hydrogens is 413 g/mol. The topological polar surface area (TPSA) is 115 Å². The van der Waals surface area contributed by atoms with E-state index in [1.54, 1.807) is 23.8 Å². The molecule has 0 aliphatic carbocycles. The van der Waals surface area contributed by atoms with Gasteiger partial charge in [0.25, 0.3) is 5.91 Å². The first-order valence-corrected chi connectivity index (χ1v) is 9.56. The van der Waals surface area contributed by atoms with Gasteiger partial charge < -0.3 is 15.1 Å². The van der Waals surface area contributed by atoms with E-state index < -0.39 is 0 Å². The van der Waals surface area contributed by atoms with Crippen molar-refractivity contribution >= 4 is 23.3 Å². The molecule has 0 unspecified atom stereocenters. The van der Waals surface area contributed by atoms with Crippen LogP contribution in [0.2, 0.25) is 0 Å². The van der Waals surface area contributed by atoms with Gasteiger partial charge in [0.15, 0.2) is 5.65 Å². The predicted octanol–water partition coefficient (Wildman–Crippen LogP) is 3.44. The molecule has 0 aliphatic rings. The molecule has 0 bridgehead atoms. The number of benzene rings is 2. The van der Waals surface area contributed by atoms with Gasteiger partial charge in [0, 0.05) is 30.1 Å². The summed E-state index contributed by atoms with van der Waals surface area (Å²) in [5, 5.41) is 7.53. The van der Waals surface area contributed by atoms with Gasteiger partial charge in [0.2, 0.25) is 5.89 Å². The smallest absolute Gasteiger partial charge is 0.313 e. The quantitative estimate of drug-likeness (QED) is 0.465. The zero-order chi connectivity index (χ0) is 22.2. The number of anilines is 2. The third kappa shape index (κ3) is 3.43. The van der Waals surface area contributed by atoms with E-state index in [2.05, 4.69) is 20.2 Å². The highest BCUT2D eigenvalue weighted by Gasteiger charge is 2.17. The van der Waals surface area contributed by atoms with Crippen LogP contribution in [0.15, 0.2) is 71.5 Å². The minimum atomic E-state index is -0.370. The molecule has 5 rings (SSSR count). The van der Waals surface area contributed by atoms with Gasteiger partial charge in [-0.05, 0) is 36.4 Å². The summed E-state index contributed by atoms with van der Waals surface area (Å²) in [5.41, 5.74) is 9.22. The van der Waals surface area contributed by atoms with Gasteiger partial charge >= 0.3 is 6.01 Å². The molecule has 0 saturated carbocycles. The van der Waals surface area contributed by atoms with Crippen molar-refractivity contribution in [1.29, 1.82) is 0 Å². The van der Waals surface area contributed by atoms with E-state index in [0.29, 0.717) is 17.2 Å². The number of aromatic nitrogens is 5. The van der Waals surface area contributed by atoms with Gasteiger partial charge in [-0.1, -0.05) is 17.2 Å². The number of nitrogen functional groups attached to an aromatic ring is 1. The molecule has 32 heavy (non-hydrogen) atoms. The molecule has 1 amide bonds. The van der Waals surface area contributed by atoms with E-state index in [0.717, 1.165) is 16.8 Å². The highest BCUT2D eigenvalue weighted by Crippen LogP contribution is 2.25. The lowest BCUT2D eigenvalue weighted by Gasteiger charge is -2.17. The lowest BCUT2D eigenvalue weighted by molar-refractivity contribution is 0.0988. The molecule has 10 heteroatoms. The standard InChI is InChI=1S/C22H16FN7O2/c1-29(16-8-6-15(23)7-9-16)21(31)17-12-30-18(10-26-19(30)11-25-17)13-2-4-14(5-3-13)20-27-28-22(24)32-20/h2-12H,1H3,(H2,24,28).